The molecule has 2 aromatic rings. The van der Waals surface area contributed by atoms with Gasteiger partial charge in [-0.15, -0.1) is 0 Å². The molecule has 0 bridgehead atoms. The second kappa shape index (κ2) is 5.69. The molecule has 1 aliphatic heterocycles. The molecule has 3 rings (SSSR count). The van der Waals surface area contributed by atoms with Gasteiger partial charge in [-0.05, 0) is 37.1 Å². The van der Waals surface area contributed by atoms with Gasteiger partial charge in [0, 0.05) is 37.0 Å². The quantitative estimate of drug-likeness (QED) is 0.932. The summed E-state index contributed by atoms with van der Waals surface area (Å²) in [6.07, 6.45) is 6.38. The molecule has 1 atom stereocenters. The van der Waals surface area contributed by atoms with Gasteiger partial charge in [0.2, 0.25) is 5.91 Å². The topological polar surface area (TPSA) is 64.2 Å². The number of carbonyl (C=O) groups is 1. The van der Waals surface area contributed by atoms with Gasteiger partial charge >= 0.3 is 0 Å². The lowest BCUT2D eigenvalue weighted by molar-refractivity contribution is 0.1000. The number of aryl methyl sites for hydroxylation is 1. The van der Waals surface area contributed by atoms with Crippen molar-refractivity contribution in [2.24, 2.45) is 12.8 Å². The number of likely N-dealkylation sites (tertiary alicyclic amines) is 1. The van der Waals surface area contributed by atoms with Gasteiger partial charge in [-0.2, -0.15) is 5.10 Å². The lowest BCUT2D eigenvalue weighted by Crippen LogP contribution is -2.23. The van der Waals surface area contributed by atoms with Crippen molar-refractivity contribution in [1.82, 2.24) is 14.7 Å². The molecule has 21 heavy (non-hydrogen) atoms. The largest absolute Gasteiger partial charge is 0.366 e. The SMILES string of the molecule is Cn1cc(C2CCCN2Cc2cccc(C(N)=O)c2)cn1. The Morgan fingerprint density at radius 2 is 2.33 bits per heavy atom. The second-order valence-electron chi connectivity index (χ2n) is 5.64. The first-order valence-electron chi connectivity index (χ1n) is 7.25. The van der Waals surface area contributed by atoms with Crippen molar-refractivity contribution >= 4 is 5.91 Å². The summed E-state index contributed by atoms with van der Waals surface area (Å²) in [5, 5.41) is 4.27. The van der Waals surface area contributed by atoms with Crippen LogP contribution in [0.3, 0.4) is 0 Å². The summed E-state index contributed by atoms with van der Waals surface area (Å²) < 4.78 is 1.85. The van der Waals surface area contributed by atoms with Gasteiger partial charge in [0.05, 0.1) is 6.20 Å². The van der Waals surface area contributed by atoms with E-state index in [1.807, 2.05) is 36.1 Å². The van der Waals surface area contributed by atoms with E-state index in [2.05, 4.69) is 16.2 Å². The van der Waals surface area contributed by atoms with Gasteiger partial charge < -0.3 is 5.73 Å². The predicted octanol–water partition coefficient (Wildman–Crippen LogP) is 1.86. The van der Waals surface area contributed by atoms with Crippen LogP contribution in [0.2, 0.25) is 0 Å². The third-order valence-corrected chi connectivity index (χ3v) is 4.07. The molecule has 110 valence electrons. The monoisotopic (exact) mass is 284 g/mol. The Balaban J connectivity index is 1.77. The molecule has 2 N–H and O–H groups in total. The number of rotatable bonds is 4. The van der Waals surface area contributed by atoms with Crippen LogP contribution in [0, 0.1) is 0 Å². The Kier molecular flexibility index (Phi) is 3.75. The Morgan fingerprint density at radius 3 is 3.05 bits per heavy atom. The van der Waals surface area contributed by atoms with E-state index >= 15 is 0 Å². The van der Waals surface area contributed by atoms with E-state index in [-0.39, 0.29) is 5.91 Å². The zero-order chi connectivity index (χ0) is 14.8. The summed E-state index contributed by atoms with van der Waals surface area (Å²) in [7, 11) is 1.94. The van der Waals surface area contributed by atoms with Crippen LogP contribution < -0.4 is 5.73 Å². The number of nitrogens with zero attached hydrogens (tertiary/aromatic N) is 3. The van der Waals surface area contributed by atoms with Gasteiger partial charge in [0.15, 0.2) is 0 Å². The first-order valence-corrected chi connectivity index (χ1v) is 7.25. The molecule has 5 heteroatoms. The minimum Gasteiger partial charge on any atom is -0.366 e. The maximum atomic E-state index is 11.3. The van der Waals surface area contributed by atoms with E-state index in [1.165, 1.54) is 12.0 Å². The zero-order valence-corrected chi connectivity index (χ0v) is 12.2. The van der Waals surface area contributed by atoms with Crippen molar-refractivity contribution in [1.29, 1.82) is 0 Å². The number of aromatic nitrogens is 2. The highest BCUT2D eigenvalue weighted by Crippen LogP contribution is 2.32. The van der Waals surface area contributed by atoms with Gasteiger partial charge in [-0.25, -0.2) is 0 Å². The average Bonchev–Trinajstić information content (AvgIpc) is 3.08. The van der Waals surface area contributed by atoms with Crippen LogP contribution in [0.25, 0.3) is 0 Å². The van der Waals surface area contributed by atoms with Crippen molar-refractivity contribution in [2.45, 2.75) is 25.4 Å². The molecule has 5 nitrogen and oxygen atoms in total. The molecule has 1 aromatic carbocycles. The number of hydrogen-bond donors (Lipinski definition) is 1. The fraction of sp³-hybridized carbons (Fsp3) is 0.375. The minimum atomic E-state index is -0.373. The van der Waals surface area contributed by atoms with Gasteiger partial charge in [0.25, 0.3) is 0 Å². The molecule has 0 saturated carbocycles. The lowest BCUT2D eigenvalue weighted by Gasteiger charge is -2.23. The Labute approximate surface area is 124 Å². The predicted molar refractivity (Wildman–Crippen MR) is 80.6 cm³/mol. The molecule has 0 spiro atoms. The summed E-state index contributed by atoms with van der Waals surface area (Å²) in [5.74, 6) is -0.373. The third kappa shape index (κ3) is 2.97. The molecular weight excluding hydrogens is 264 g/mol. The summed E-state index contributed by atoms with van der Waals surface area (Å²) in [5.41, 5.74) is 8.31. The van der Waals surface area contributed by atoms with Crippen LogP contribution in [0.15, 0.2) is 36.7 Å². The van der Waals surface area contributed by atoms with E-state index in [1.54, 1.807) is 6.07 Å². The molecule has 1 unspecified atom stereocenters. The van der Waals surface area contributed by atoms with E-state index in [0.29, 0.717) is 11.6 Å². The van der Waals surface area contributed by atoms with Crippen LogP contribution in [0.5, 0.6) is 0 Å². The highest BCUT2D eigenvalue weighted by molar-refractivity contribution is 5.92. The van der Waals surface area contributed by atoms with Crippen LogP contribution in [-0.4, -0.2) is 27.1 Å². The van der Waals surface area contributed by atoms with Crippen molar-refractivity contribution in [2.75, 3.05) is 6.54 Å². The maximum absolute atomic E-state index is 11.3. The van der Waals surface area contributed by atoms with E-state index < -0.39 is 0 Å². The van der Waals surface area contributed by atoms with Crippen LogP contribution in [0.1, 0.15) is 40.4 Å². The smallest absolute Gasteiger partial charge is 0.248 e. The Hall–Kier alpha value is -2.14. The number of nitrogens with two attached hydrogens (primary N) is 1. The maximum Gasteiger partial charge on any atom is 0.248 e. The molecule has 2 heterocycles. The third-order valence-electron chi connectivity index (χ3n) is 4.07. The number of carbonyl (C=O) groups excluding carboxylic acids is 1. The minimum absolute atomic E-state index is 0.373. The molecule has 1 saturated heterocycles. The van der Waals surface area contributed by atoms with Crippen molar-refractivity contribution in [3.05, 3.63) is 53.3 Å². The normalized spacial score (nSPS) is 19.0. The van der Waals surface area contributed by atoms with Gasteiger partial charge in [-0.1, -0.05) is 12.1 Å². The first-order chi connectivity index (χ1) is 10.1. The van der Waals surface area contributed by atoms with Crippen molar-refractivity contribution < 1.29 is 4.79 Å². The molecule has 1 amide bonds. The van der Waals surface area contributed by atoms with Gasteiger partial charge in [0.1, 0.15) is 0 Å². The standard InChI is InChI=1S/C16H20N4O/c1-19-11-14(9-18-19)15-6-3-7-20(15)10-12-4-2-5-13(8-12)16(17)21/h2,4-5,8-9,11,15H,3,6-7,10H2,1H3,(H2,17,21). The highest BCUT2D eigenvalue weighted by atomic mass is 16.1. The highest BCUT2D eigenvalue weighted by Gasteiger charge is 2.26. The van der Waals surface area contributed by atoms with Gasteiger partial charge in [-0.3, -0.25) is 14.4 Å². The van der Waals surface area contributed by atoms with Crippen molar-refractivity contribution in [3.63, 3.8) is 0 Å². The molecule has 0 radical (unpaired) electrons. The van der Waals surface area contributed by atoms with Crippen LogP contribution in [-0.2, 0) is 13.6 Å². The fourth-order valence-corrected chi connectivity index (χ4v) is 3.06. The fourth-order valence-electron chi connectivity index (χ4n) is 3.06. The zero-order valence-electron chi connectivity index (χ0n) is 12.2. The molecule has 0 aliphatic carbocycles. The summed E-state index contributed by atoms with van der Waals surface area (Å²) in [6, 6.07) is 8.00. The molecule has 1 aromatic heterocycles. The van der Waals surface area contributed by atoms with E-state index in [4.69, 9.17) is 5.73 Å². The Morgan fingerprint density at radius 1 is 1.48 bits per heavy atom. The number of primary amides is 1. The molecule has 1 fully saturated rings. The molecule has 1 aliphatic rings. The molecular formula is C16H20N4O. The van der Waals surface area contributed by atoms with Crippen LogP contribution >= 0.6 is 0 Å². The first kappa shape index (κ1) is 13.8. The Bertz CT molecular complexity index is 649. The van der Waals surface area contributed by atoms with Crippen molar-refractivity contribution in [3.8, 4) is 0 Å². The second-order valence-corrected chi connectivity index (χ2v) is 5.64. The number of hydrogen-bond acceptors (Lipinski definition) is 3. The summed E-state index contributed by atoms with van der Waals surface area (Å²) in [6.45, 7) is 1.90. The summed E-state index contributed by atoms with van der Waals surface area (Å²) >= 11 is 0. The summed E-state index contributed by atoms with van der Waals surface area (Å²) in [4.78, 5) is 13.7. The number of benzene rings is 1. The average molecular weight is 284 g/mol. The van der Waals surface area contributed by atoms with E-state index in [0.717, 1.165) is 25.1 Å². The van der Waals surface area contributed by atoms with Crippen LogP contribution in [0.4, 0.5) is 0 Å². The number of amides is 1. The van der Waals surface area contributed by atoms with E-state index in [9.17, 15) is 4.79 Å². The lowest BCUT2D eigenvalue weighted by atomic mass is 10.1.